The molecule has 3 aromatic rings. The summed E-state index contributed by atoms with van der Waals surface area (Å²) in [6.07, 6.45) is 3.16. The predicted octanol–water partition coefficient (Wildman–Crippen LogP) is 3.67. The Labute approximate surface area is 181 Å². The Balaban J connectivity index is 1.81. The lowest BCUT2D eigenvalue weighted by Crippen LogP contribution is -2.32. The minimum Gasteiger partial charge on any atom is -0.378 e. The molecule has 0 fully saturated rings. The van der Waals surface area contributed by atoms with Crippen molar-refractivity contribution in [1.82, 2.24) is 10.7 Å². The van der Waals surface area contributed by atoms with Gasteiger partial charge in [0, 0.05) is 25.3 Å². The lowest BCUT2D eigenvalue weighted by atomic mass is 10.1. The third-order valence-electron chi connectivity index (χ3n) is 4.43. The Kier molecular flexibility index (Phi) is 7.32. The molecule has 0 radical (unpaired) electrons. The van der Waals surface area contributed by atoms with Crippen LogP contribution in [-0.4, -0.2) is 32.1 Å². The molecule has 0 saturated heterocycles. The molecular weight excluding hydrogens is 388 g/mol. The van der Waals surface area contributed by atoms with Gasteiger partial charge in [-0.3, -0.25) is 9.59 Å². The van der Waals surface area contributed by atoms with Crippen LogP contribution in [0, 0.1) is 0 Å². The van der Waals surface area contributed by atoms with Crippen LogP contribution < -0.4 is 15.6 Å². The summed E-state index contributed by atoms with van der Waals surface area (Å²) in [6, 6.07) is 25.8. The summed E-state index contributed by atoms with van der Waals surface area (Å²) in [7, 11) is 3.91. The zero-order valence-electron chi connectivity index (χ0n) is 17.4. The van der Waals surface area contributed by atoms with E-state index < -0.39 is 5.91 Å². The molecule has 0 aliphatic rings. The van der Waals surface area contributed by atoms with E-state index in [9.17, 15) is 9.59 Å². The number of benzene rings is 3. The molecule has 0 saturated carbocycles. The number of nitrogens with zero attached hydrogens (tertiary/aromatic N) is 2. The molecule has 0 bridgehead atoms. The van der Waals surface area contributed by atoms with Crippen LogP contribution in [0.3, 0.4) is 0 Å². The van der Waals surface area contributed by atoms with Crippen LogP contribution in [0.4, 0.5) is 5.69 Å². The van der Waals surface area contributed by atoms with Gasteiger partial charge in [0.05, 0.1) is 6.21 Å². The molecule has 0 aromatic heterocycles. The maximum Gasteiger partial charge on any atom is 0.287 e. The van der Waals surface area contributed by atoms with Gasteiger partial charge in [-0.1, -0.05) is 60.7 Å². The summed E-state index contributed by atoms with van der Waals surface area (Å²) in [5, 5.41) is 6.69. The molecule has 31 heavy (non-hydrogen) atoms. The van der Waals surface area contributed by atoms with E-state index in [1.807, 2.05) is 79.7 Å². The van der Waals surface area contributed by atoms with Gasteiger partial charge in [-0.25, -0.2) is 5.43 Å². The minimum atomic E-state index is -0.520. The maximum atomic E-state index is 12.8. The van der Waals surface area contributed by atoms with Crippen molar-refractivity contribution in [3.8, 4) is 0 Å². The van der Waals surface area contributed by atoms with Gasteiger partial charge in [0.1, 0.15) is 5.70 Å². The summed E-state index contributed by atoms with van der Waals surface area (Å²) in [4.78, 5) is 27.4. The first kappa shape index (κ1) is 21.5. The van der Waals surface area contributed by atoms with Gasteiger partial charge in [-0.15, -0.1) is 0 Å². The van der Waals surface area contributed by atoms with E-state index in [4.69, 9.17) is 0 Å². The molecule has 3 rings (SSSR count). The van der Waals surface area contributed by atoms with Crippen molar-refractivity contribution in [1.29, 1.82) is 0 Å². The third kappa shape index (κ3) is 6.40. The number of carbonyl (C=O) groups excluding carboxylic acids is 2. The molecule has 0 heterocycles. The van der Waals surface area contributed by atoms with Gasteiger partial charge in [0.15, 0.2) is 0 Å². The quantitative estimate of drug-likeness (QED) is 0.353. The van der Waals surface area contributed by atoms with Gasteiger partial charge in [-0.2, -0.15) is 5.10 Å². The van der Waals surface area contributed by atoms with Crippen molar-refractivity contribution < 1.29 is 9.59 Å². The Hall–Kier alpha value is -4.19. The average molecular weight is 412 g/mol. The molecule has 6 heteroatoms. The molecule has 0 atom stereocenters. The van der Waals surface area contributed by atoms with Gasteiger partial charge < -0.3 is 10.2 Å². The van der Waals surface area contributed by atoms with E-state index in [0.717, 1.165) is 16.8 Å². The Morgan fingerprint density at radius 3 is 2.03 bits per heavy atom. The molecule has 2 N–H and O–H groups in total. The van der Waals surface area contributed by atoms with Crippen molar-refractivity contribution in [2.24, 2.45) is 5.10 Å². The minimum absolute atomic E-state index is 0.0941. The van der Waals surface area contributed by atoms with Crippen LogP contribution in [0.5, 0.6) is 0 Å². The number of hydrogen-bond acceptors (Lipinski definition) is 4. The van der Waals surface area contributed by atoms with Gasteiger partial charge >= 0.3 is 0 Å². The first-order valence-electron chi connectivity index (χ1n) is 9.77. The van der Waals surface area contributed by atoms with Crippen LogP contribution in [0.25, 0.3) is 6.08 Å². The smallest absolute Gasteiger partial charge is 0.287 e. The van der Waals surface area contributed by atoms with Crippen molar-refractivity contribution in [3.05, 3.63) is 107 Å². The van der Waals surface area contributed by atoms with E-state index >= 15 is 0 Å². The number of carbonyl (C=O) groups is 2. The van der Waals surface area contributed by atoms with Crippen molar-refractivity contribution in [2.45, 2.75) is 0 Å². The highest BCUT2D eigenvalue weighted by Crippen LogP contribution is 2.14. The first-order chi connectivity index (χ1) is 15.0. The van der Waals surface area contributed by atoms with Crippen LogP contribution in [-0.2, 0) is 4.79 Å². The van der Waals surface area contributed by atoms with Crippen LogP contribution in [0.2, 0.25) is 0 Å². The van der Waals surface area contributed by atoms with E-state index in [-0.39, 0.29) is 11.6 Å². The van der Waals surface area contributed by atoms with E-state index in [2.05, 4.69) is 15.8 Å². The van der Waals surface area contributed by atoms with Gasteiger partial charge in [-0.05, 0) is 41.5 Å². The zero-order valence-corrected chi connectivity index (χ0v) is 17.4. The summed E-state index contributed by atoms with van der Waals surface area (Å²) in [5.41, 5.74) is 5.68. The Morgan fingerprint density at radius 1 is 0.806 bits per heavy atom. The summed E-state index contributed by atoms with van der Waals surface area (Å²) in [5.74, 6) is -0.896. The van der Waals surface area contributed by atoms with E-state index in [1.165, 1.54) is 0 Å². The van der Waals surface area contributed by atoms with Crippen LogP contribution in [0.1, 0.15) is 21.5 Å². The molecule has 0 spiro atoms. The maximum absolute atomic E-state index is 12.8. The average Bonchev–Trinajstić information content (AvgIpc) is 2.80. The topological polar surface area (TPSA) is 73.8 Å². The lowest BCUT2D eigenvalue weighted by molar-refractivity contribution is -0.117. The van der Waals surface area contributed by atoms with E-state index in [1.54, 1.807) is 36.6 Å². The van der Waals surface area contributed by atoms with Crippen LogP contribution >= 0.6 is 0 Å². The number of amides is 2. The fourth-order valence-electron chi connectivity index (χ4n) is 2.74. The van der Waals surface area contributed by atoms with Crippen molar-refractivity contribution in [3.63, 3.8) is 0 Å². The monoisotopic (exact) mass is 412 g/mol. The van der Waals surface area contributed by atoms with Gasteiger partial charge in [0.25, 0.3) is 11.8 Å². The highest BCUT2D eigenvalue weighted by molar-refractivity contribution is 6.05. The summed E-state index contributed by atoms with van der Waals surface area (Å²) < 4.78 is 0. The SMILES string of the molecule is CN(C)c1ccc(/C=C(\NC(=O)c2ccccc2)C(=O)N/N=C/c2ccccc2)cc1. The second-order valence-corrected chi connectivity index (χ2v) is 6.97. The summed E-state index contributed by atoms with van der Waals surface area (Å²) >= 11 is 0. The lowest BCUT2D eigenvalue weighted by Gasteiger charge is -2.12. The molecule has 2 amide bonds. The van der Waals surface area contributed by atoms with Gasteiger partial charge in [0.2, 0.25) is 0 Å². The Bertz CT molecular complexity index is 1070. The second-order valence-electron chi connectivity index (χ2n) is 6.97. The predicted molar refractivity (Wildman–Crippen MR) is 125 cm³/mol. The highest BCUT2D eigenvalue weighted by Gasteiger charge is 2.14. The standard InChI is InChI=1S/C25H24N4O2/c1-29(2)22-15-13-19(14-16-22)17-23(27-24(30)21-11-7-4-8-12-21)25(31)28-26-18-20-9-5-3-6-10-20/h3-18H,1-2H3,(H,27,30)(H,28,31)/b23-17-,26-18+. The summed E-state index contributed by atoms with van der Waals surface area (Å²) in [6.45, 7) is 0. The molecule has 6 nitrogen and oxygen atoms in total. The fraction of sp³-hybridized carbons (Fsp3) is 0.0800. The molecular formula is C25H24N4O2. The normalized spacial score (nSPS) is 11.2. The molecule has 3 aromatic carbocycles. The Morgan fingerprint density at radius 2 is 1.42 bits per heavy atom. The number of rotatable bonds is 7. The molecule has 0 aliphatic carbocycles. The number of hydrogen-bond donors (Lipinski definition) is 2. The fourth-order valence-corrected chi connectivity index (χ4v) is 2.74. The molecule has 156 valence electrons. The number of anilines is 1. The molecule has 0 unspecified atom stereocenters. The van der Waals surface area contributed by atoms with Crippen LogP contribution in [0.15, 0.2) is 95.7 Å². The molecule has 0 aliphatic heterocycles. The number of hydrazone groups is 1. The zero-order chi connectivity index (χ0) is 22.1. The van der Waals surface area contributed by atoms with Crippen molar-refractivity contribution in [2.75, 3.05) is 19.0 Å². The largest absolute Gasteiger partial charge is 0.378 e. The third-order valence-corrected chi connectivity index (χ3v) is 4.43. The second kappa shape index (κ2) is 10.5. The first-order valence-corrected chi connectivity index (χ1v) is 9.77. The highest BCUT2D eigenvalue weighted by atomic mass is 16.2. The van der Waals surface area contributed by atoms with E-state index in [0.29, 0.717) is 5.56 Å². The van der Waals surface area contributed by atoms with Crippen molar-refractivity contribution >= 4 is 29.8 Å². The number of nitrogens with one attached hydrogen (secondary N) is 2.